The minimum absolute atomic E-state index is 0.0156. The third-order valence-electron chi connectivity index (χ3n) is 2.79. The van der Waals surface area contributed by atoms with Crippen LogP contribution in [0.3, 0.4) is 0 Å². The monoisotopic (exact) mass is 386 g/mol. The molecule has 0 N–H and O–H groups in total. The van der Waals surface area contributed by atoms with E-state index in [2.05, 4.69) is 42.2 Å². The summed E-state index contributed by atoms with van der Waals surface area (Å²) in [6, 6.07) is 0.0156. The molecule has 2 rings (SSSR count). The van der Waals surface area contributed by atoms with Gasteiger partial charge in [-0.15, -0.1) is 5.10 Å². The molecule has 1 fully saturated rings. The average Bonchev–Trinajstić information content (AvgIpc) is 2.85. The largest absolute Gasteiger partial charge is 0.263 e. The van der Waals surface area contributed by atoms with E-state index in [9.17, 15) is 8.42 Å². The summed E-state index contributed by atoms with van der Waals surface area (Å²) in [5.41, 5.74) is 0. The smallest absolute Gasteiger partial charge is 0.235 e. The molecule has 17 heavy (non-hydrogen) atoms. The molecule has 0 bridgehead atoms. The molecule has 1 unspecified atom stereocenters. The Bertz CT molecular complexity index is 496. The lowest BCUT2D eigenvalue weighted by atomic mass is 10.3. The summed E-state index contributed by atoms with van der Waals surface area (Å²) in [7, 11) is -1.95. The highest BCUT2D eigenvalue weighted by atomic mass is 79.9. The second kappa shape index (κ2) is 4.94. The second-order valence-electron chi connectivity index (χ2n) is 3.88. The number of alkyl halides is 1. The molecule has 0 saturated carbocycles. The lowest BCUT2D eigenvalue weighted by molar-refractivity contribution is 0.407. The summed E-state index contributed by atoms with van der Waals surface area (Å²) in [5, 5.41) is 8.19. The standard InChI is InChI=1S/C8H12Br2N4O2S/c1-13-8(7(10)11-12-13)17(15,16)14-4-2-3-6(14)5-9/h6H,2-5H2,1H3. The number of rotatable bonds is 3. The highest BCUT2D eigenvalue weighted by Crippen LogP contribution is 2.29. The Labute approximate surface area is 117 Å². The van der Waals surface area contributed by atoms with Crippen molar-refractivity contribution >= 4 is 41.9 Å². The van der Waals surface area contributed by atoms with Crippen LogP contribution in [0.25, 0.3) is 0 Å². The highest BCUT2D eigenvalue weighted by molar-refractivity contribution is 9.10. The molecule has 1 aliphatic heterocycles. The molecule has 1 saturated heterocycles. The topological polar surface area (TPSA) is 68.1 Å². The van der Waals surface area contributed by atoms with Crippen LogP contribution in [0, 0.1) is 0 Å². The molecule has 9 heteroatoms. The van der Waals surface area contributed by atoms with E-state index in [0.717, 1.165) is 12.8 Å². The van der Waals surface area contributed by atoms with Crippen LogP contribution >= 0.6 is 31.9 Å². The van der Waals surface area contributed by atoms with Gasteiger partial charge in [-0.25, -0.2) is 13.1 Å². The number of nitrogens with zero attached hydrogens (tertiary/aromatic N) is 4. The molecule has 1 atom stereocenters. The first kappa shape index (κ1) is 13.4. The van der Waals surface area contributed by atoms with E-state index in [0.29, 0.717) is 11.9 Å². The highest BCUT2D eigenvalue weighted by Gasteiger charge is 2.38. The number of hydrogen-bond acceptors (Lipinski definition) is 4. The lowest BCUT2D eigenvalue weighted by Gasteiger charge is -2.22. The Morgan fingerprint density at radius 3 is 2.76 bits per heavy atom. The molecule has 96 valence electrons. The van der Waals surface area contributed by atoms with Gasteiger partial charge in [0.05, 0.1) is 0 Å². The van der Waals surface area contributed by atoms with Gasteiger partial charge in [0.15, 0.2) is 4.60 Å². The van der Waals surface area contributed by atoms with E-state index in [1.54, 1.807) is 7.05 Å². The molecule has 6 nitrogen and oxygen atoms in total. The lowest BCUT2D eigenvalue weighted by Crippen LogP contribution is -2.37. The van der Waals surface area contributed by atoms with Gasteiger partial charge < -0.3 is 0 Å². The van der Waals surface area contributed by atoms with Gasteiger partial charge in [0, 0.05) is 25.0 Å². The molecule has 2 heterocycles. The molecule has 0 aliphatic carbocycles. The van der Waals surface area contributed by atoms with Gasteiger partial charge >= 0.3 is 0 Å². The Balaban J connectivity index is 2.43. The van der Waals surface area contributed by atoms with Crippen LogP contribution in [0.5, 0.6) is 0 Å². The number of hydrogen-bond donors (Lipinski definition) is 0. The quantitative estimate of drug-likeness (QED) is 0.729. The fourth-order valence-corrected chi connectivity index (χ4v) is 5.58. The number of aromatic nitrogens is 3. The average molecular weight is 388 g/mol. The minimum Gasteiger partial charge on any atom is -0.235 e. The van der Waals surface area contributed by atoms with Crippen LogP contribution in [-0.4, -0.2) is 45.6 Å². The molecule has 0 aromatic carbocycles. The zero-order valence-electron chi connectivity index (χ0n) is 9.18. The fraction of sp³-hybridized carbons (Fsp3) is 0.750. The third-order valence-corrected chi connectivity index (χ3v) is 6.38. The maximum Gasteiger partial charge on any atom is 0.263 e. The van der Waals surface area contributed by atoms with Gasteiger partial charge in [0.2, 0.25) is 5.03 Å². The summed E-state index contributed by atoms with van der Waals surface area (Å²) in [5.74, 6) is 0. The van der Waals surface area contributed by atoms with Crippen LogP contribution in [0.2, 0.25) is 0 Å². The van der Waals surface area contributed by atoms with E-state index in [1.165, 1.54) is 8.99 Å². The Morgan fingerprint density at radius 2 is 2.24 bits per heavy atom. The Kier molecular flexibility index (Phi) is 3.91. The number of aryl methyl sites for hydroxylation is 1. The molecule has 1 aromatic rings. The van der Waals surface area contributed by atoms with Gasteiger partial charge in [0.25, 0.3) is 10.0 Å². The van der Waals surface area contributed by atoms with Gasteiger partial charge in [-0.1, -0.05) is 21.1 Å². The normalized spacial score (nSPS) is 22.2. The molecule has 1 aliphatic rings. The van der Waals surface area contributed by atoms with Crippen LogP contribution in [0.1, 0.15) is 12.8 Å². The van der Waals surface area contributed by atoms with Gasteiger partial charge in [-0.2, -0.15) is 4.31 Å². The van der Waals surface area contributed by atoms with Crippen LogP contribution in [-0.2, 0) is 17.1 Å². The summed E-state index contributed by atoms with van der Waals surface area (Å²) in [6.45, 7) is 0.552. The zero-order valence-corrected chi connectivity index (χ0v) is 13.2. The summed E-state index contributed by atoms with van der Waals surface area (Å²) >= 11 is 6.48. The maximum atomic E-state index is 12.5. The molecule has 1 aromatic heterocycles. The van der Waals surface area contributed by atoms with Crippen molar-refractivity contribution in [3.8, 4) is 0 Å². The summed E-state index contributed by atoms with van der Waals surface area (Å²) in [4.78, 5) is 0. The van der Waals surface area contributed by atoms with Crippen molar-refractivity contribution in [2.24, 2.45) is 7.05 Å². The second-order valence-corrected chi connectivity index (χ2v) is 7.08. The first-order valence-electron chi connectivity index (χ1n) is 5.11. The predicted octanol–water partition coefficient (Wildman–Crippen LogP) is 1.13. The van der Waals surface area contributed by atoms with Gasteiger partial charge in [0.1, 0.15) is 0 Å². The third kappa shape index (κ3) is 2.29. The van der Waals surface area contributed by atoms with E-state index in [4.69, 9.17) is 0 Å². The minimum atomic E-state index is -3.52. The van der Waals surface area contributed by atoms with Crippen molar-refractivity contribution in [2.75, 3.05) is 11.9 Å². The Hall–Kier alpha value is 0.01000. The molecule has 0 amide bonds. The fourth-order valence-electron chi connectivity index (χ4n) is 1.99. The summed E-state index contributed by atoms with van der Waals surface area (Å²) in [6.07, 6.45) is 1.77. The van der Waals surface area contributed by atoms with Crippen molar-refractivity contribution < 1.29 is 8.42 Å². The summed E-state index contributed by atoms with van der Waals surface area (Å²) < 4.78 is 28.0. The van der Waals surface area contributed by atoms with E-state index >= 15 is 0 Å². The molecule has 0 radical (unpaired) electrons. The first-order valence-corrected chi connectivity index (χ1v) is 8.47. The molecular formula is C8H12Br2N4O2S. The van der Waals surface area contributed by atoms with Crippen LogP contribution in [0.4, 0.5) is 0 Å². The molecule has 0 spiro atoms. The number of sulfonamides is 1. The van der Waals surface area contributed by atoms with Crippen molar-refractivity contribution in [3.63, 3.8) is 0 Å². The number of halogens is 2. The first-order chi connectivity index (χ1) is 7.98. The van der Waals surface area contributed by atoms with Gasteiger partial charge in [-0.3, -0.25) is 0 Å². The van der Waals surface area contributed by atoms with Gasteiger partial charge in [-0.05, 0) is 28.8 Å². The van der Waals surface area contributed by atoms with E-state index in [-0.39, 0.29) is 15.7 Å². The predicted molar refractivity (Wildman–Crippen MR) is 69.4 cm³/mol. The zero-order chi connectivity index (χ0) is 12.6. The maximum absolute atomic E-state index is 12.5. The van der Waals surface area contributed by atoms with Crippen molar-refractivity contribution in [1.29, 1.82) is 0 Å². The van der Waals surface area contributed by atoms with Crippen molar-refractivity contribution in [3.05, 3.63) is 4.60 Å². The SMILES string of the molecule is Cn1nnc(Br)c1S(=O)(=O)N1CCCC1CBr. The van der Waals surface area contributed by atoms with E-state index < -0.39 is 10.0 Å². The van der Waals surface area contributed by atoms with Crippen LogP contribution < -0.4 is 0 Å². The Morgan fingerprint density at radius 1 is 1.53 bits per heavy atom. The van der Waals surface area contributed by atoms with E-state index in [1.807, 2.05) is 0 Å². The van der Waals surface area contributed by atoms with Crippen molar-refractivity contribution in [1.82, 2.24) is 19.3 Å². The molecular weight excluding hydrogens is 376 g/mol. The van der Waals surface area contributed by atoms with Crippen molar-refractivity contribution in [2.45, 2.75) is 23.9 Å². The van der Waals surface area contributed by atoms with Crippen LogP contribution in [0.15, 0.2) is 9.63 Å².